The molecule has 0 spiro atoms. The van der Waals surface area contributed by atoms with E-state index in [1.165, 1.54) is 0 Å². The zero-order chi connectivity index (χ0) is 26.9. The van der Waals surface area contributed by atoms with E-state index in [4.69, 9.17) is 4.74 Å². The second-order valence-corrected chi connectivity index (χ2v) is 9.91. The van der Waals surface area contributed by atoms with Crippen molar-refractivity contribution in [3.63, 3.8) is 0 Å². The molecular weight excluding hydrogens is 492 g/mol. The number of anilines is 1. The SMILES string of the molecule is COc1ccc(C=Cc2ccc3c(c2)C(=O)N2CC(NC(=O)Cc4c[nH]c5ccccc45)CC2C(=O)N3)cc1. The molecule has 6 rings (SSSR count). The molecule has 39 heavy (non-hydrogen) atoms. The van der Waals surface area contributed by atoms with Gasteiger partial charge in [-0.1, -0.05) is 48.6 Å². The molecule has 0 aliphatic carbocycles. The van der Waals surface area contributed by atoms with Crippen molar-refractivity contribution in [2.24, 2.45) is 0 Å². The fraction of sp³-hybridized carbons (Fsp3) is 0.194. The predicted molar refractivity (Wildman–Crippen MR) is 150 cm³/mol. The van der Waals surface area contributed by atoms with Crippen molar-refractivity contribution < 1.29 is 19.1 Å². The van der Waals surface area contributed by atoms with E-state index in [-0.39, 0.29) is 36.7 Å². The Bertz CT molecular complexity index is 1600. The Kier molecular flexibility index (Phi) is 6.36. The molecular formula is C31H28N4O4. The molecule has 8 nitrogen and oxygen atoms in total. The molecule has 1 aromatic heterocycles. The summed E-state index contributed by atoms with van der Waals surface area (Å²) in [6.07, 6.45) is 6.32. The van der Waals surface area contributed by atoms with Gasteiger partial charge in [0, 0.05) is 29.7 Å². The van der Waals surface area contributed by atoms with Gasteiger partial charge in [0.2, 0.25) is 11.8 Å². The van der Waals surface area contributed by atoms with Crippen LogP contribution in [-0.2, 0) is 16.0 Å². The monoisotopic (exact) mass is 520 g/mol. The van der Waals surface area contributed by atoms with Gasteiger partial charge in [-0.15, -0.1) is 0 Å². The van der Waals surface area contributed by atoms with Crippen LogP contribution in [0.3, 0.4) is 0 Å². The zero-order valence-corrected chi connectivity index (χ0v) is 21.4. The Morgan fingerprint density at radius 3 is 2.64 bits per heavy atom. The van der Waals surface area contributed by atoms with E-state index in [9.17, 15) is 14.4 Å². The number of H-pyrrole nitrogens is 1. The van der Waals surface area contributed by atoms with Gasteiger partial charge in [0.1, 0.15) is 11.8 Å². The number of para-hydroxylation sites is 1. The van der Waals surface area contributed by atoms with Crippen LogP contribution in [0.2, 0.25) is 0 Å². The molecule has 3 amide bonds. The highest BCUT2D eigenvalue weighted by molar-refractivity contribution is 6.10. The van der Waals surface area contributed by atoms with Crippen molar-refractivity contribution in [1.29, 1.82) is 0 Å². The summed E-state index contributed by atoms with van der Waals surface area (Å²) in [5, 5.41) is 6.96. The summed E-state index contributed by atoms with van der Waals surface area (Å²) in [5.74, 6) is 0.186. The first kappa shape index (κ1) is 24.5. The van der Waals surface area contributed by atoms with Crippen LogP contribution in [0.1, 0.15) is 33.5 Å². The molecule has 8 heteroatoms. The molecule has 2 unspecified atom stereocenters. The number of carbonyl (C=O) groups is 3. The van der Waals surface area contributed by atoms with Crippen LogP contribution in [0.25, 0.3) is 23.1 Å². The summed E-state index contributed by atoms with van der Waals surface area (Å²) >= 11 is 0. The molecule has 1 saturated heterocycles. The lowest BCUT2D eigenvalue weighted by atomic mass is 10.1. The number of carbonyl (C=O) groups excluding carboxylic acids is 3. The number of aromatic amines is 1. The Balaban J connectivity index is 1.16. The van der Waals surface area contributed by atoms with Crippen LogP contribution >= 0.6 is 0 Å². The number of amides is 3. The van der Waals surface area contributed by atoms with Gasteiger partial charge >= 0.3 is 0 Å². The molecule has 2 aliphatic heterocycles. The van der Waals surface area contributed by atoms with Crippen LogP contribution in [0.15, 0.2) is 72.9 Å². The van der Waals surface area contributed by atoms with Crippen molar-refractivity contribution in [2.45, 2.75) is 24.9 Å². The van der Waals surface area contributed by atoms with Gasteiger partial charge in [0.15, 0.2) is 0 Å². The van der Waals surface area contributed by atoms with Crippen LogP contribution in [0, 0.1) is 0 Å². The summed E-state index contributed by atoms with van der Waals surface area (Å²) < 4.78 is 5.20. The Hall–Kier alpha value is -4.85. The maximum absolute atomic E-state index is 13.6. The summed E-state index contributed by atoms with van der Waals surface area (Å²) in [6.45, 7) is 0.280. The minimum atomic E-state index is -0.637. The highest BCUT2D eigenvalue weighted by atomic mass is 16.5. The third-order valence-electron chi connectivity index (χ3n) is 7.37. The summed E-state index contributed by atoms with van der Waals surface area (Å²) in [6, 6.07) is 20.0. The summed E-state index contributed by atoms with van der Waals surface area (Å²) in [4.78, 5) is 44.3. The first-order valence-electron chi connectivity index (χ1n) is 12.9. The Morgan fingerprint density at radius 1 is 1.05 bits per heavy atom. The number of hydrogen-bond donors (Lipinski definition) is 3. The van der Waals surface area contributed by atoms with Crippen molar-refractivity contribution in [3.05, 3.63) is 95.2 Å². The van der Waals surface area contributed by atoms with Crippen molar-refractivity contribution in [2.75, 3.05) is 19.0 Å². The quantitative estimate of drug-likeness (QED) is 0.331. The number of hydrogen-bond acceptors (Lipinski definition) is 4. The lowest BCUT2D eigenvalue weighted by Crippen LogP contribution is -2.41. The number of nitrogens with one attached hydrogen (secondary N) is 3. The van der Waals surface area contributed by atoms with Crippen LogP contribution in [-0.4, -0.2) is 53.3 Å². The van der Waals surface area contributed by atoms with E-state index >= 15 is 0 Å². The third-order valence-corrected chi connectivity index (χ3v) is 7.37. The smallest absolute Gasteiger partial charge is 0.256 e. The predicted octanol–water partition coefficient (Wildman–Crippen LogP) is 4.24. The lowest BCUT2D eigenvalue weighted by Gasteiger charge is -2.20. The standard InChI is InChI=1S/C31H28N4O4/c1-39-23-11-8-19(9-12-23)6-7-20-10-13-27-25(14-20)31(38)35-18-22(16-28(35)30(37)34-27)33-29(36)15-21-17-32-26-5-3-2-4-24(21)26/h2-14,17,22,28,32H,15-16,18H2,1H3,(H,33,36)(H,34,37). The summed E-state index contributed by atoms with van der Waals surface area (Å²) in [5.41, 5.74) is 4.67. The molecule has 3 aromatic carbocycles. The molecule has 3 heterocycles. The minimum Gasteiger partial charge on any atom is -0.497 e. The van der Waals surface area contributed by atoms with Crippen molar-refractivity contribution in [3.8, 4) is 5.75 Å². The molecule has 196 valence electrons. The lowest BCUT2D eigenvalue weighted by molar-refractivity contribution is -0.121. The normalized spacial score (nSPS) is 18.5. The number of aromatic nitrogens is 1. The zero-order valence-electron chi connectivity index (χ0n) is 21.4. The third kappa shape index (κ3) is 4.88. The van der Waals surface area contributed by atoms with Crippen molar-refractivity contribution in [1.82, 2.24) is 15.2 Å². The highest BCUT2D eigenvalue weighted by Crippen LogP contribution is 2.30. The van der Waals surface area contributed by atoms with Crippen LogP contribution in [0.5, 0.6) is 5.75 Å². The van der Waals surface area contributed by atoms with E-state index < -0.39 is 6.04 Å². The van der Waals surface area contributed by atoms with E-state index in [0.29, 0.717) is 17.7 Å². The van der Waals surface area contributed by atoms with Gasteiger partial charge in [-0.25, -0.2) is 0 Å². The molecule has 3 N–H and O–H groups in total. The molecule has 0 radical (unpaired) electrons. The first-order chi connectivity index (χ1) is 19.0. The largest absolute Gasteiger partial charge is 0.497 e. The van der Waals surface area contributed by atoms with Gasteiger partial charge in [-0.3, -0.25) is 14.4 Å². The van der Waals surface area contributed by atoms with E-state index in [1.807, 2.05) is 72.9 Å². The maximum atomic E-state index is 13.6. The van der Waals surface area contributed by atoms with E-state index in [1.54, 1.807) is 24.1 Å². The Morgan fingerprint density at radius 2 is 1.82 bits per heavy atom. The maximum Gasteiger partial charge on any atom is 0.256 e. The number of methoxy groups -OCH3 is 1. The van der Waals surface area contributed by atoms with Gasteiger partial charge in [-0.05, 0) is 53.4 Å². The average molecular weight is 521 g/mol. The molecule has 0 saturated carbocycles. The first-order valence-corrected chi connectivity index (χ1v) is 12.9. The highest BCUT2D eigenvalue weighted by Gasteiger charge is 2.43. The van der Waals surface area contributed by atoms with Crippen molar-refractivity contribution >= 4 is 46.5 Å². The van der Waals surface area contributed by atoms with Gasteiger partial charge in [0.25, 0.3) is 5.91 Å². The molecule has 4 aromatic rings. The van der Waals surface area contributed by atoms with Gasteiger partial charge < -0.3 is 25.3 Å². The van der Waals surface area contributed by atoms with Gasteiger partial charge in [0.05, 0.1) is 24.8 Å². The fourth-order valence-corrected chi connectivity index (χ4v) is 5.37. The Labute approximate surface area is 225 Å². The molecule has 0 bridgehead atoms. The fourth-order valence-electron chi connectivity index (χ4n) is 5.37. The number of fused-ring (bicyclic) bond motifs is 3. The number of benzene rings is 3. The second-order valence-electron chi connectivity index (χ2n) is 9.91. The number of ether oxygens (including phenoxy) is 1. The molecule has 2 aliphatic rings. The number of nitrogens with zero attached hydrogens (tertiary/aromatic N) is 1. The van der Waals surface area contributed by atoms with Gasteiger partial charge in [-0.2, -0.15) is 0 Å². The van der Waals surface area contributed by atoms with Crippen LogP contribution < -0.4 is 15.4 Å². The summed E-state index contributed by atoms with van der Waals surface area (Å²) in [7, 11) is 1.63. The molecule has 1 fully saturated rings. The van der Waals surface area contributed by atoms with E-state index in [2.05, 4.69) is 15.6 Å². The number of rotatable bonds is 6. The van der Waals surface area contributed by atoms with E-state index in [0.717, 1.165) is 33.3 Å². The minimum absolute atomic E-state index is 0.137. The topological polar surface area (TPSA) is 104 Å². The second kappa shape index (κ2) is 10.1. The van der Waals surface area contributed by atoms with Crippen LogP contribution in [0.4, 0.5) is 5.69 Å². The average Bonchev–Trinajstić information content (AvgIpc) is 3.54. The molecule has 2 atom stereocenters.